The first kappa shape index (κ1) is 14.5. The summed E-state index contributed by atoms with van der Waals surface area (Å²) in [5, 5.41) is 23.0. The minimum absolute atomic E-state index is 0.0540. The molecule has 0 saturated carbocycles. The second kappa shape index (κ2) is 6.52. The average Bonchev–Trinajstić information content (AvgIpc) is 2.92. The molecule has 0 aliphatic heterocycles. The fourth-order valence-electron chi connectivity index (χ4n) is 1.99. The summed E-state index contributed by atoms with van der Waals surface area (Å²) in [6, 6.07) is 6.92. The third-order valence-electron chi connectivity index (χ3n) is 2.99. The van der Waals surface area contributed by atoms with Gasteiger partial charge in [-0.3, -0.25) is 10.1 Å². The number of nitrogens with one attached hydrogen (secondary N) is 1. The predicted molar refractivity (Wildman–Crippen MR) is 77.9 cm³/mol. The van der Waals surface area contributed by atoms with Crippen molar-refractivity contribution < 1.29 is 4.92 Å². The van der Waals surface area contributed by atoms with Crippen molar-refractivity contribution in [3.8, 4) is 6.07 Å². The van der Waals surface area contributed by atoms with Gasteiger partial charge in [-0.15, -0.1) is 0 Å². The summed E-state index contributed by atoms with van der Waals surface area (Å²) in [7, 11) is 0. The summed E-state index contributed by atoms with van der Waals surface area (Å²) in [5.74, 6) is 0.316. The molecule has 21 heavy (non-hydrogen) atoms. The number of nitriles is 1. The monoisotopic (exact) mass is 285 g/mol. The van der Waals surface area contributed by atoms with Crippen LogP contribution < -0.4 is 5.32 Å². The Balaban J connectivity index is 2.29. The van der Waals surface area contributed by atoms with Gasteiger partial charge in [0, 0.05) is 31.5 Å². The maximum atomic E-state index is 11.0. The highest BCUT2D eigenvalue weighted by Gasteiger charge is 2.14. The molecule has 0 aliphatic rings. The van der Waals surface area contributed by atoms with E-state index in [2.05, 4.69) is 10.3 Å². The lowest BCUT2D eigenvalue weighted by molar-refractivity contribution is -0.384. The Kier molecular flexibility index (Phi) is 4.51. The van der Waals surface area contributed by atoms with E-state index in [1.54, 1.807) is 29.1 Å². The highest BCUT2D eigenvalue weighted by Crippen LogP contribution is 2.26. The van der Waals surface area contributed by atoms with Crippen molar-refractivity contribution in [2.24, 2.45) is 0 Å². The van der Waals surface area contributed by atoms with E-state index in [1.165, 1.54) is 6.07 Å². The van der Waals surface area contributed by atoms with Crippen LogP contribution in [0.1, 0.15) is 24.7 Å². The molecule has 0 unspecified atom stereocenters. The summed E-state index contributed by atoms with van der Waals surface area (Å²) in [5.41, 5.74) is 1.42. The van der Waals surface area contributed by atoms with Crippen molar-refractivity contribution in [3.63, 3.8) is 0 Å². The van der Waals surface area contributed by atoms with E-state index in [-0.39, 0.29) is 5.69 Å². The molecule has 0 spiro atoms. The Morgan fingerprint density at radius 1 is 1.52 bits per heavy atom. The minimum Gasteiger partial charge on any atom is -0.379 e. The van der Waals surface area contributed by atoms with Gasteiger partial charge in [0.05, 0.1) is 4.92 Å². The van der Waals surface area contributed by atoms with Gasteiger partial charge < -0.3 is 9.88 Å². The molecule has 1 aromatic heterocycles. The molecule has 0 bridgehead atoms. The first-order valence-corrected chi connectivity index (χ1v) is 6.58. The Bertz CT molecular complexity index is 687. The molecule has 7 heteroatoms. The van der Waals surface area contributed by atoms with Crippen molar-refractivity contribution in [1.82, 2.24) is 9.55 Å². The normalized spacial score (nSPS) is 10.1. The van der Waals surface area contributed by atoms with Crippen LogP contribution in [-0.4, -0.2) is 21.0 Å². The highest BCUT2D eigenvalue weighted by molar-refractivity contribution is 5.62. The van der Waals surface area contributed by atoms with Crippen molar-refractivity contribution in [1.29, 1.82) is 5.26 Å². The Hall–Kier alpha value is -2.88. The lowest BCUT2D eigenvalue weighted by Crippen LogP contribution is -2.06. The Morgan fingerprint density at radius 2 is 2.33 bits per heavy atom. The first-order valence-electron chi connectivity index (χ1n) is 6.58. The number of nitro benzene ring substituents is 1. The van der Waals surface area contributed by atoms with Gasteiger partial charge in [-0.2, -0.15) is 5.26 Å². The molecule has 1 heterocycles. The van der Waals surface area contributed by atoms with Gasteiger partial charge >= 0.3 is 0 Å². The van der Waals surface area contributed by atoms with Crippen LogP contribution in [0.4, 0.5) is 11.4 Å². The molecular formula is C14H15N5O2. The largest absolute Gasteiger partial charge is 0.379 e. The third-order valence-corrected chi connectivity index (χ3v) is 2.99. The number of hydrogen-bond donors (Lipinski definition) is 1. The second-order valence-electron chi connectivity index (χ2n) is 4.53. The molecule has 0 radical (unpaired) electrons. The quantitative estimate of drug-likeness (QED) is 0.649. The van der Waals surface area contributed by atoms with Crippen LogP contribution >= 0.6 is 0 Å². The number of benzene rings is 1. The molecule has 0 saturated heterocycles. The molecule has 1 N–H and O–H groups in total. The van der Waals surface area contributed by atoms with E-state index in [0.29, 0.717) is 24.6 Å². The average molecular weight is 285 g/mol. The van der Waals surface area contributed by atoms with Crippen molar-refractivity contribution >= 4 is 11.4 Å². The summed E-state index contributed by atoms with van der Waals surface area (Å²) in [6.07, 6.45) is 4.14. The molecule has 1 aromatic carbocycles. The van der Waals surface area contributed by atoms with Gasteiger partial charge in [0.1, 0.15) is 11.8 Å². The summed E-state index contributed by atoms with van der Waals surface area (Å²) in [6.45, 7) is 3.11. The topological polar surface area (TPSA) is 96.8 Å². The molecule has 0 amide bonds. The molecular weight excluding hydrogens is 270 g/mol. The van der Waals surface area contributed by atoms with Crippen LogP contribution in [0.5, 0.6) is 0 Å². The number of rotatable bonds is 6. The van der Waals surface area contributed by atoms with E-state index >= 15 is 0 Å². The number of anilines is 1. The number of aromatic nitrogens is 2. The van der Waals surface area contributed by atoms with Crippen LogP contribution in [0.15, 0.2) is 30.6 Å². The molecule has 0 atom stereocenters. The fourth-order valence-corrected chi connectivity index (χ4v) is 1.99. The second-order valence-corrected chi connectivity index (χ2v) is 4.53. The first-order chi connectivity index (χ1) is 10.2. The van der Waals surface area contributed by atoms with E-state index in [9.17, 15) is 10.1 Å². The highest BCUT2D eigenvalue weighted by atomic mass is 16.6. The summed E-state index contributed by atoms with van der Waals surface area (Å²) < 4.78 is 1.70. The zero-order chi connectivity index (χ0) is 15.2. The van der Waals surface area contributed by atoms with Crippen LogP contribution in [0.3, 0.4) is 0 Å². The lowest BCUT2D eigenvalue weighted by Gasteiger charge is -2.09. The molecule has 108 valence electrons. The minimum atomic E-state index is -0.403. The summed E-state index contributed by atoms with van der Waals surface area (Å²) in [4.78, 5) is 14.5. The zero-order valence-corrected chi connectivity index (χ0v) is 11.6. The van der Waals surface area contributed by atoms with Crippen LogP contribution in [-0.2, 0) is 6.54 Å². The van der Waals surface area contributed by atoms with Gasteiger partial charge in [-0.05, 0) is 18.1 Å². The van der Waals surface area contributed by atoms with Gasteiger partial charge in [0.25, 0.3) is 5.69 Å². The Morgan fingerprint density at radius 3 is 3.00 bits per heavy atom. The van der Waals surface area contributed by atoms with E-state index < -0.39 is 4.92 Å². The van der Waals surface area contributed by atoms with Gasteiger partial charge in [0.15, 0.2) is 0 Å². The molecule has 0 aliphatic carbocycles. The molecule has 7 nitrogen and oxygen atoms in total. The SMILES string of the molecule is CCCNc1cc(Cn2ccnc2C#N)ccc1[N+](=O)[O-]. The predicted octanol–water partition coefficient (Wildman–Crippen LogP) is 2.53. The number of nitro groups is 1. The van der Waals surface area contributed by atoms with Crippen LogP contribution in [0.2, 0.25) is 0 Å². The van der Waals surface area contributed by atoms with Crippen molar-refractivity contribution in [3.05, 3.63) is 52.1 Å². The molecule has 2 rings (SSSR count). The van der Waals surface area contributed by atoms with E-state index in [0.717, 1.165) is 12.0 Å². The van der Waals surface area contributed by atoms with Gasteiger partial charge in [-0.1, -0.05) is 13.0 Å². The fraction of sp³-hybridized carbons (Fsp3) is 0.286. The van der Waals surface area contributed by atoms with Crippen molar-refractivity contribution in [2.45, 2.75) is 19.9 Å². The molecule has 2 aromatic rings. The smallest absolute Gasteiger partial charge is 0.292 e. The number of imidazole rings is 1. The summed E-state index contributed by atoms with van der Waals surface area (Å²) >= 11 is 0. The lowest BCUT2D eigenvalue weighted by atomic mass is 10.1. The standard InChI is InChI=1S/C14H15N5O2/c1-2-5-16-12-8-11(3-4-13(12)19(20)21)10-18-7-6-17-14(18)9-15/h3-4,6-8,16H,2,5,10H2,1H3. The van der Waals surface area contributed by atoms with Crippen LogP contribution in [0.25, 0.3) is 0 Å². The third kappa shape index (κ3) is 3.36. The maximum absolute atomic E-state index is 11.0. The van der Waals surface area contributed by atoms with Crippen LogP contribution in [0, 0.1) is 21.4 Å². The number of nitrogens with zero attached hydrogens (tertiary/aromatic N) is 4. The van der Waals surface area contributed by atoms with Gasteiger partial charge in [0.2, 0.25) is 5.82 Å². The maximum Gasteiger partial charge on any atom is 0.292 e. The molecule has 0 fully saturated rings. The number of hydrogen-bond acceptors (Lipinski definition) is 5. The van der Waals surface area contributed by atoms with Gasteiger partial charge in [-0.25, -0.2) is 4.98 Å². The Labute approximate surface area is 122 Å². The van der Waals surface area contributed by atoms with E-state index in [1.807, 2.05) is 13.0 Å². The van der Waals surface area contributed by atoms with E-state index in [4.69, 9.17) is 5.26 Å². The van der Waals surface area contributed by atoms with Crippen molar-refractivity contribution in [2.75, 3.05) is 11.9 Å². The zero-order valence-electron chi connectivity index (χ0n) is 11.6.